The Hall–Kier alpha value is -2.03. The Morgan fingerprint density at radius 3 is 2.81 bits per heavy atom. The molecule has 0 amide bonds. The number of para-hydroxylation sites is 1. The Balaban J connectivity index is 1.71. The van der Waals surface area contributed by atoms with Crippen LogP contribution in [0.3, 0.4) is 0 Å². The molecule has 1 aliphatic heterocycles. The molecule has 0 saturated heterocycles. The van der Waals surface area contributed by atoms with E-state index in [4.69, 9.17) is 11.6 Å². The number of benzene rings is 2. The minimum absolute atomic E-state index is 0.110. The van der Waals surface area contributed by atoms with E-state index >= 15 is 0 Å². The van der Waals surface area contributed by atoms with E-state index in [-0.39, 0.29) is 9.92 Å². The van der Waals surface area contributed by atoms with Gasteiger partial charge in [-0.05, 0) is 24.3 Å². The summed E-state index contributed by atoms with van der Waals surface area (Å²) in [5, 5.41) is 0.673. The third-order valence-corrected chi connectivity index (χ3v) is 6.58. The smallest absolute Gasteiger partial charge is 0.261 e. The number of imidazole rings is 1. The first-order valence-corrected chi connectivity index (χ1v) is 10.6. The molecule has 4 rings (SSSR count). The monoisotopic (exact) mass is 409 g/mol. The molecule has 0 atom stereocenters. The van der Waals surface area contributed by atoms with E-state index in [1.54, 1.807) is 30.0 Å². The van der Waals surface area contributed by atoms with Crippen LogP contribution in [-0.4, -0.2) is 23.7 Å². The van der Waals surface area contributed by atoms with Gasteiger partial charge in [0.25, 0.3) is 10.0 Å². The second kappa shape index (κ2) is 6.61. The molecular weight excluding hydrogens is 397 g/mol. The summed E-state index contributed by atoms with van der Waals surface area (Å²) in [5.74, 6) is 0.318. The van der Waals surface area contributed by atoms with Crippen LogP contribution < -0.4 is 4.72 Å². The van der Waals surface area contributed by atoms with E-state index in [1.807, 2.05) is 16.8 Å². The molecule has 2 aromatic carbocycles. The zero-order valence-electron chi connectivity index (χ0n) is 13.3. The first kappa shape index (κ1) is 17.4. The lowest BCUT2D eigenvalue weighted by atomic mass is 10.1. The summed E-state index contributed by atoms with van der Waals surface area (Å²) in [5.41, 5.74) is 1.77. The minimum Gasteiger partial charge on any atom is -0.325 e. The zero-order valence-corrected chi connectivity index (χ0v) is 15.7. The van der Waals surface area contributed by atoms with Gasteiger partial charge in [-0.3, -0.25) is 4.72 Å². The molecule has 0 bridgehead atoms. The van der Waals surface area contributed by atoms with E-state index < -0.39 is 15.8 Å². The molecule has 2 heterocycles. The fourth-order valence-electron chi connectivity index (χ4n) is 2.68. The number of fused-ring (bicyclic) bond motifs is 1. The van der Waals surface area contributed by atoms with Gasteiger partial charge in [-0.25, -0.2) is 17.8 Å². The van der Waals surface area contributed by atoms with Crippen LogP contribution in [0.4, 0.5) is 10.1 Å². The van der Waals surface area contributed by atoms with Crippen molar-refractivity contribution in [2.24, 2.45) is 0 Å². The highest BCUT2D eigenvalue weighted by Crippen LogP contribution is 2.33. The third kappa shape index (κ3) is 3.20. The number of rotatable bonds is 4. The summed E-state index contributed by atoms with van der Waals surface area (Å²) in [6, 6.07) is 10.3. The van der Waals surface area contributed by atoms with Gasteiger partial charge in [0.1, 0.15) is 5.82 Å². The highest BCUT2D eigenvalue weighted by atomic mass is 35.5. The zero-order chi connectivity index (χ0) is 18.3. The van der Waals surface area contributed by atoms with Gasteiger partial charge in [0, 0.05) is 24.1 Å². The fraction of sp³-hybridized carbons (Fsp3) is 0.118. The van der Waals surface area contributed by atoms with Crippen molar-refractivity contribution in [1.29, 1.82) is 0 Å². The second-order valence-electron chi connectivity index (χ2n) is 5.68. The number of sulfonamides is 1. The first-order chi connectivity index (χ1) is 12.4. The van der Waals surface area contributed by atoms with Crippen LogP contribution >= 0.6 is 23.4 Å². The van der Waals surface area contributed by atoms with Crippen LogP contribution in [0.1, 0.15) is 0 Å². The summed E-state index contributed by atoms with van der Waals surface area (Å²) in [6.07, 6.45) is 1.91. The van der Waals surface area contributed by atoms with Crippen LogP contribution in [0.5, 0.6) is 0 Å². The molecule has 0 spiro atoms. The number of hydrogen-bond acceptors (Lipinski definition) is 4. The third-order valence-electron chi connectivity index (χ3n) is 3.95. The van der Waals surface area contributed by atoms with E-state index in [0.717, 1.165) is 29.6 Å². The average molecular weight is 410 g/mol. The van der Waals surface area contributed by atoms with Gasteiger partial charge >= 0.3 is 0 Å². The fourth-order valence-corrected chi connectivity index (χ4v) is 4.98. The molecule has 3 aromatic rings. The molecule has 1 N–H and O–H groups in total. The predicted octanol–water partition coefficient (Wildman–Crippen LogP) is 4.25. The van der Waals surface area contributed by atoms with E-state index in [0.29, 0.717) is 16.9 Å². The number of thioether (sulfide) groups is 1. The summed E-state index contributed by atoms with van der Waals surface area (Å²) in [4.78, 5) is 4.46. The van der Waals surface area contributed by atoms with Gasteiger partial charge in [-0.2, -0.15) is 0 Å². The maximum atomic E-state index is 13.3. The molecule has 1 aliphatic rings. The number of hydrogen-bond donors (Lipinski definition) is 1. The lowest BCUT2D eigenvalue weighted by molar-refractivity contribution is 0.599. The average Bonchev–Trinajstić information content (AvgIpc) is 3.19. The Bertz CT molecular complexity index is 1080. The maximum Gasteiger partial charge on any atom is 0.261 e. The van der Waals surface area contributed by atoms with Gasteiger partial charge < -0.3 is 4.57 Å². The van der Waals surface area contributed by atoms with Crippen molar-refractivity contribution in [1.82, 2.24) is 9.55 Å². The van der Waals surface area contributed by atoms with Crippen LogP contribution in [-0.2, 0) is 16.6 Å². The normalized spacial score (nSPS) is 13.6. The lowest BCUT2D eigenvalue weighted by Crippen LogP contribution is -2.13. The van der Waals surface area contributed by atoms with Crippen molar-refractivity contribution >= 4 is 39.1 Å². The Kier molecular flexibility index (Phi) is 4.42. The summed E-state index contributed by atoms with van der Waals surface area (Å²) < 4.78 is 43.2. The molecule has 1 aromatic heterocycles. The van der Waals surface area contributed by atoms with Crippen molar-refractivity contribution in [3.05, 3.63) is 59.5 Å². The number of halogens is 2. The van der Waals surface area contributed by atoms with E-state index in [1.165, 1.54) is 6.07 Å². The molecule has 5 nitrogen and oxygen atoms in total. The Morgan fingerprint density at radius 1 is 1.23 bits per heavy atom. The molecule has 0 unspecified atom stereocenters. The van der Waals surface area contributed by atoms with E-state index in [9.17, 15) is 12.8 Å². The molecule has 0 fully saturated rings. The number of nitrogens with zero attached hydrogens (tertiary/aromatic N) is 2. The van der Waals surface area contributed by atoms with E-state index in [2.05, 4.69) is 9.71 Å². The van der Waals surface area contributed by atoms with Crippen molar-refractivity contribution in [3.8, 4) is 11.3 Å². The second-order valence-corrected chi connectivity index (χ2v) is 8.83. The topological polar surface area (TPSA) is 64.0 Å². The van der Waals surface area contributed by atoms with Gasteiger partial charge in [0.05, 0.1) is 21.3 Å². The van der Waals surface area contributed by atoms with Crippen LogP contribution in [0.2, 0.25) is 5.02 Å². The minimum atomic E-state index is -3.92. The maximum absolute atomic E-state index is 13.3. The molecule has 0 saturated carbocycles. The molecule has 26 heavy (non-hydrogen) atoms. The quantitative estimate of drug-likeness (QED) is 0.699. The van der Waals surface area contributed by atoms with Crippen molar-refractivity contribution in [3.63, 3.8) is 0 Å². The van der Waals surface area contributed by atoms with Crippen LogP contribution in [0.25, 0.3) is 11.3 Å². The molecule has 0 aliphatic carbocycles. The number of aromatic nitrogens is 2. The van der Waals surface area contributed by atoms with Gasteiger partial charge in [-0.1, -0.05) is 41.6 Å². The first-order valence-electron chi connectivity index (χ1n) is 7.71. The van der Waals surface area contributed by atoms with Gasteiger partial charge in [0.15, 0.2) is 5.16 Å². The molecular formula is C17H13ClFN3O2S2. The molecule has 134 valence electrons. The van der Waals surface area contributed by atoms with Crippen LogP contribution in [0, 0.1) is 5.82 Å². The number of anilines is 1. The predicted molar refractivity (Wildman–Crippen MR) is 101 cm³/mol. The number of aryl methyl sites for hydroxylation is 1. The molecule has 0 radical (unpaired) electrons. The summed E-state index contributed by atoms with van der Waals surface area (Å²) in [6.45, 7) is 0.884. The van der Waals surface area contributed by atoms with Crippen LogP contribution in [0.15, 0.2) is 58.7 Å². The number of nitrogens with one attached hydrogen (secondary N) is 1. The molecule has 9 heteroatoms. The lowest BCUT2D eigenvalue weighted by Gasteiger charge is -2.12. The van der Waals surface area contributed by atoms with Gasteiger partial charge in [-0.15, -0.1) is 0 Å². The largest absolute Gasteiger partial charge is 0.325 e. The van der Waals surface area contributed by atoms with Crippen molar-refractivity contribution in [2.75, 3.05) is 10.5 Å². The standard InChI is InChI=1S/C17H13ClFN3O2S2/c18-13-9-11(5-6-14(13)19)26(23,24)21-15-4-2-1-3-12(15)16-10-22-7-8-25-17(22)20-16/h1-6,9-10,21H,7-8H2. The Morgan fingerprint density at radius 2 is 2.04 bits per heavy atom. The Labute approximate surface area is 159 Å². The summed E-state index contributed by atoms with van der Waals surface area (Å²) >= 11 is 7.38. The highest BCUT2D eigenvalue weighted by Gasteiger charge is 2.20. The summed E-state index contributed by atoms with van der Waals surface area (Å²) in [7, 11) is -3.92. The van der Waals surface area contributed by atoms with Gasteiger partial charge in [0.2, 0.25) is 0 Å². The SMILES string of the molecule is O=S(=O)(Nc1ccccc1-c1cn2c(n1)SCC2)c1ccc(F)c(Cl)c1. The highest BCUT2D eigenvalue weighted by molar-refractivity contribution is 7.99. The van der Waals surface area contributed by atoms with Crippen molar-refractivity contribution < 1.29 is 12.8 Å². The van der Waals surface area contributed by atoms with Crippen molar-refractivity contribution in [2.45, 2.75) is 16.6 Å².